The number of aliphatic carboxylic acids is 1. The number of aliphatic hydroxyl groups is 1. The Morgan fingerprint density at radius 2 is 1.95 bits per heavy atom. The maximum atomic E-state index is 10.9. The molecule has 0 heterocycles. The highest BCUT2D eigenvalue weighted by Crippen LogP contribution is 2.41. The van der Waals surface area contributed by atoms with Gasteiger partial charge in [0.2, 0.25) is 0 Å². The molecule has 0 aliphatic heterocycles. The molecule has 1 unspecified atom stereocenters. The summed E-state index contributed by atoms with van der Waals surface area (Å²) >= 11 is 3.40. The zero-order chi connectivity index (χ0) is 16.2. The van der Waals surface area contributed by atoms with E-state index >= 15 is 0 Å². The second-order valence-electron chi connectivity index (χ2n) is 5.68. The van der Waals surface area contributed by atoms with E-state index in [4.69, 9.17) is 14.6 Å². The summed E-state index contributed by atoms with van der Waals surface area (Å²) in [6.45, 7) is 3.63. The van der Waals surface area contributed by atoms with Crippen LogP contribution in [0.15, 0.2) is 16.6 Å². The minimum Gasteiger partial charge on any atom is -0.497 e. The molecule has 0 fully saturated rings. The van der Waals surface area contributed by atoms with E-state index < -0.39 is 17.5 Å². The first-order chi connectivity index (χ1) is 9.70. The van der Waals surface area contributed by atoms with Crippen molar-refractivity contribution < 1.29 is 24.5 Å². The van der Waals surface area contributed by atoms with Gasteiger partial charge in [0.25, 0.3) is 0 Å². The number of benzene rings is 1. The Labute approximate surface area is 133 Å². The topological polar surface area (TPSA) is 76.0 Å². The van der Waals surface area contributed by atoms with Crippen molar-refractivity contribution in [2.45, 2.75) is 32.8 Å². The molecule has 6 heteroatoms. The van der Waals surface area contributed by atoms with Crippen LogP contribution in [0.3, 0.4) is 0 Å². The zero-order valence-electron chi connectivity index (χ0n) is 12.6. The Morgan fingerprint density at radius 3 is 2.43 bits per heavy atom. The molecule has 0 amide bonds. The van der Waals surface area contributed by atoms with Crippen molar-refractivity contribution in [3.63, 3.8) is 0 Å². The van der Waals surface area contributed by atoms with Gasteiger partial charge in [-0.15, -0.1) is 0 Å². The Kier molecular flexibility index (Phi) is 6.04. The fourth-order valence-corrected chi connectivity index (χ4v) is 2.97. The summed E-state index contributed by atoms with van der Waals surface area (Å²) in [6, 6.07) is 3.43. The third kappa shape index (κ3) is 4.89. The monoisotopic (exact) mass is 360 g/mol. The van der Waals surface area contributed by atoms with E-state index in [9.17, 15) is 9.90 Å². The summed E-state index contributed by atoms with van der Waals surface area (Å²) in [6.07, 6.45) is -0.546. The predicted octanol–water partition coefficient (Wildman–Crippen LogP) is 3.39. The Morgan fingerprint density at radius 1 is 1.33 bits per heavy atom. The summed E-state index contributed by atoms with van der Waals surface area (Å²) in [5, 5.41) is 19.4. The average molecular weight is 361 g/mol. The quantitative estimate of drug-likeness (QED) is 0.779. The summed E-state index contributed by atoms with van der Waals surface area (Å²) in [4.78, 5) is 10.9. The number of ether oxygens (including phenoxy) is 2. The SMILES string of the molecule is COc1cc(Br)c(C(O)CC(C)(C)CC(=O)O)c(OC)c1. The van der Waals surface area contributed by atoms with Gasteiger partial charge >= 0.3 is 5.97 Å². The minimum absolute atomic E-state index is 0.0137. The van der Waals surface area contributed by atoms with E-state index in [2.05, 4.69) is 15.9 Å². The average Bonchev–Trinajstić information content (AvgIpc) is 2.34. The van der Waals surface area contributed by atoms with Crippen LogP contribution >= 0.6 is 15.9 Å². The number of hydrogen-bond donors (Lipinski definition) is 2. The molecule has 0 bridgehead atoms. The lowest BCUT2D eigenvalue weighted by Gasteiger charge is -2.27. The second kappa shape index (κ2) is 7.13. The number of carboxylic acids is 1. The van der Waals surface area contributed by atoms with Crippen LogP contribution in [0, 0.1) is 5.41 Å². The number of carbonyl (C=O) groups is 1. The van der Waals surface area contributed by atoms with E-state index in [0.29, 0.717) is 28.0 Å². The first-order valence-corrected chi connectivity index (χ1v) is 7.30. The van der Waals surface area contributed by atoms with Crippen molar-refractivity contribution in [3.05, 3.63) is 22.2 Å². The van der Waals surface area contributed by atoms with Crippen LogP contribution in [0.4, 0.5) is 0 Å². The smallest absolute Gasteiger partial charge is 0.303 e. The lowest BCUT2D eigenvalue weighted by atomic mass is 9.81. The van der Waals surface area contributed by atoms with Crippen LogP contribution in [0.5, 0.6) is 11.5 Å². The van der Waals surface area contributed by atoms with Gasteiger partial charge in [-0.1, -0.05) is 29.8 Å². The molecule has 1 aromatic rings. The fourth-order valence-electron chi connectivity index (χ4n) is 2.29. The molecule has 1 rings (SSSR count). The summed E-state index contributed by atoms with van der Waals surface area (Å²) in [5.74, 6) is 0.229. The van der Waals surface area contributed by atoms with Crippen molar-refractivity contribution in [3.8, 4) is 11.5 Å². The first-order valence-electron chi connectivity index (χ1n) is 6.51. The molecular weight excluding hydrogens is 340 g/mol. The van der Waals surface area contributed by atoms with Crippen LogP contribution in [-0.2, 0) is 4.79 Å². The van der Waals surface area contributed by atoms with E-state index in [1.807, 2.05) is 13.8 Å². The minimum atomic E-state index is -0.882. The first kappa shape index (κ1) is 17.8. The van der Waals surface area contributed by atoms with Crippen LogP contribution in [-0.4, -0.2) is 30.4 Å². The van der Waals surface area contributed by atoms with Gasteiger partial charge in [0.1, 0.15) is 11.5 Å². The summed E-state index contributed by atoms with van der Waals surface area (Å²) in [7, 11) is 3.06. The molecule has 0 saturated carbocycles. The van der Waals surface area contributed by atoms with Crippen molar-refractivity contribution in [2.24, 2.45) is 5.41 Å². The molecule has 1 aromatic carbocycles. The molecule has 21 heavy (non-hydrogen) atoms. The lowest BCUT2D eigenvalue weighted by Crippen LogP contribution is -2.20. The fraction of sp³-hybridized carbons (Fsp3) is 0.533. The molecule has 118 valence electrons. The lowest BCUT2D eigenvalue weighted by molar-refractivity contribution is -0.139. The highest BCUT2D eigenvalue weighted by Gasteiger charge is 2.28. The van der Waals surface area contributed by atoms with Gasteiger partial charge in [-0.25, -0.2) is 0 Å². The van der Waals surface area contributed by atoms with Crippen LogP contribution < -0.4 is 9.47 Å². The van der Waals surface area contributed by atoms with Crippen LogP contribution in [0.25, 0.3) is 0 Å². The zero-order valence-corrected chi connectivity index (χ0v) is 14.2. The predicted molar refractivity (Wildman–Crippen MR) is 82.9 cm³/mol. The molecular formula is C15H21BrO5. The van der Waals surface area contributed by atoms with Gasteiger partial charge in [-0.05, 0) is 17.9 Å². The van der Waals surface area contributed by atoms with Gasteiger partial charge in [0.15, 0.2) is 0 Å². The summed E-state index contributed by atoms with van der Waals surface area (Å²) in [5.41, 5.74) is 0.0621. The van der Waals surface area contributed by atoms with E-state index in [1.165, 1.54) is 7.11 Å². The number of hydrogen-bond acceptors (Lipinski definition) is 4. The normalized spacial score (nSPS) is 12.9. The van der Waals surface area contributed by atoms with E-state index in [0.717, 1.165) is 0 Å². The van der Waals surface area contributed by atoms with Gasteiger partial charge in [-0.2, -0.15) is 0 Å². The third-order valence-corrected chi connectivity index (χ3v) is 3.89. The van der Waals surface area contributed by atoms with E-state index in [1.54, 1.807) is 19.2 Å². The number of carboxylic acid groups (broad SMARTS) is 1. The van der Waals surface area contributed by atoms with Gasteiger partial charge in [-0.3, -0.25) is 4.79 Å². The van der Waals surface area contributed by atoms with Crippen molar-refractivity contribution in [1.82, 2.24) is 0 Å². The molecule has 0 radical (unpaired) electrons. The number of halogens is 1. The van der Waals surface area contributed by atoms with Crippen molar-refractivity contribution in [2.75, 3.05) is 14.2 Å². The molecule has 0 aliphatic carbocycles. The third-order valence-electron chi connectivity index (χ3n) is 3.23. The Hall–Kier alpha value is -1.27. The standard InChI is InChI=1S/C15H21BrO5/c1-15(2,8-13(18)19)7-11(17)14-10(16)5-9(20-3)6-12(14)21-4/h5-6,11,17H,7-8H2,1-4H3,(H,18,19). The molecule has 0 aromatic heterocycles. The molecule has 0 saturated heterocycles. The molecule has 0 spiro atoms. The van der Waals surface area contributed by atoms with E-state index in [-0.39, 0.29) is 6.42 Å². The molecule has 5 nitrogen and oxygen atoms in total. The Balaban J connectivity index is 3.07. The van der Waals surface area contributed by atoms with Gasteiger partial charge in [0, 0.05) is 16.1 Å². The largest absolute Gasteiger partial charge is 0.497 e. The van der Waals surface area contributed by atoms with Crippen LogP contribution in [0.2, 0.25) is 0 Å². The summed E-state index contributed by atoms with van der Waals surface area (Å²) < 4.78 is 11.1. The van der Waals surface area contributed by atoms with Gasteiger partial charge in [0.05, 0.1) is 26.7 Å². The van der Waals surface area contributed by atoms with Gasteiger partial charge < -0.3 is 19.7 Å². The van der Waals surface area contributed by atoms with Crippen molar-refractivity contribution in [1.29, 1.82) is 0 Å². The molecule has 0 aliphatic rings. The molecule has 2 N–H and O–H groups in total. The number of rotatable bonds is 7. The highest BCUT2D eigenvalue weighted by molar-refractivity contribution is 9.10. The Bertz CT molecular complexity index is 513. The highest BCUT2D eigenvalue weighted by atomic mass is 79.9. The molecule has 1 atom stereocenters. The maximum absolute atomic E-state index is 10.9. The number of methoxy groups -OCH3 is 2. The second-order valence-corrected chi connectivity index (χ2v) is 6.53. The van der Waals surface area contributed by atoms with Crippen LogP contribution in [0.1, 0.15) is 38.4 Å². The van der Waals surface area contributed by atoms with Crippen molar-refractivity contribution >= 4 is 21.9 Å². The number of aliphatic hydroxyl groups excluding tert-OH is 1. The maximum Gasteiger partial charge on any atom is 0.303 e.